The molecule has 0 aliphatic carbocycles. The Hall–Kier alpha value is -3.79. The SMILES string of the molecule is CCCNc1c(NC=O)cccc1N1CCc2cc(C(C=NC)=CN)c(C#N)cc21. The first kappa shape index (κ1) is 20.9. The molecule has 1 amide bonds. The van der Waals surface area contributed by atoms with Gasteiger partial charge in [-0.15, -0.1) is 0 Å². The van der Waals surface area contributed by atoms with Gasteiger partial charge in [0.1, 0.15) is 0 Å². The Morgan fingerprint density at radius 1 is 1.37 bits per heavy atom. The van der Waals surface area contributed by atoms with E-state index < -0.39 is 0 Å². The van der Waals surface area contributed by atoms with Crippen molar-refractivity contribution in [2.24, 2.45) is 10.7 Å². The minimum absolute atomic E-state index is 0.544. The van der Waals surface area contributed by atoms with Gasteiger partial charge in [-0.3, -0.25) is 9.79 Å². The van der Waals surface area contributed by atoms with Crippen LogP contribution in [0.5, 0.6) is 0 Å². The fraction of sp³-hybridized carbons (Fsp3) is 0.261. The maximum absolute atomic E-state index is 11.1. The number of hydrogen-bond donors (Lipinski definition) is 3. The largest absolute Gasteiger partial charge is 0.404 e. The van der Waals surface area contributed by atoms with Gasteiger partial charge >= 0.3 is 0 Å². The molecule has 0 atom stereocenters. The van der Waals surface area contributed by atoms with E-state index in [0.29, 0.717) is 12.0 Å². The molecule has 1 aliphatic heterocycles. The van der Waals surface area contributed by atoms with Gasteiger partial charge in [-0.05, 0) is 42.7 Å². The third-order valence-electron chi connectivity index (χ3n) is 5.09. The average Bonchev–Trinajstić information content (AvgIpc) is 3.18. The Kier molecular flexibility index (Phi) is 6.71. The molecule has 4 N–H and O–H groups in total. The second-order valence-electron chi connectivity index (χ2n) is 6.94. The van der Waals surface area contributed by atoms with E-state index in [4.69, 9.17) is 5.73 Å². The number of benzene rings is 2. The molecule has 0 radical (unpaired) electrons. The van der Waals surface area contributed by atoms with Gasteiger partial charge < -0.3 is 21.3 Å². The number of carbonyl (C=O) groups excluding carboxylic acids is 1. The highest BCUT2D eigenvalue weighted by molar-refractivity contribution is 6.10. The van der Waals surface area contributed by atoms with Crippen molar-refractivity contribution in [2.45, 2.75) is 19.8 Å². The van der Waals surface area contributed by atoms with Gasteiger partial charge in [-0.2, -0.15) is 5.26 Å². The van der Waals surface area contributed by atoms with Crippen molar-refractivity contribution in [1.82, 2.24) is 0 Å². The van der Waals surface area contributed by atoms with E-state index in [9.17, 15) is 10.1 Å². The summed E-state index contributed by atoms with van der Waals surface area (Å²) < 4.78 is 0. The van der Waals surface area contributed by atoms with Gasteiger partial charge in [0, 0.05) is 49.4 Å². The van der Waals surface area contributed by atoms with E-state index in [-0.39, 0.29) is 0 Å². The number of allylic oxidation sites excluding steroid dienone is 1. The zero-order valence-corrected chi connectivity index (χ0v) is 17.3. The summed E-state index contributed by atoms with van der Waals surface area (Å²) in [6, 6.07) is 12.1. The quantitative estimate of drug-likeness (QED) is 0.462. The summed E-state index contributed by atoms with van der Waals surface area (Å²) in [5, 5.41) is 16.0. The monoisotopic (exact) mass is 402 g/mol. The molecule has 0 saturated heterocycles. The third-order valence-corrected chi connectivity index (χ3v) is 5.09. The minimum atomic E-state index is 0.544. The van der Waals surface area contributed by atoms with Crippen LogP contribution in [0.2, 0.25) is 0 Å². The molecular weight excluding hydrogens is 376 g/mol. The highest BCUT2D eigenvalue weighted by Crippen LogP contribution is 2.42. The van der Waals surface area contributed by atoms with Gasteiger partial charge in [-0.25, -0.2) is 0 Å². The fourth-order valence-corrected chi connectivity index (χ4v) is 3.74. The molecule has 0 spiro atoms. The molecule has 0 saturated carbocycles. The molecule has 0 bridgehead atoms. The fourth-order valence-electron chi connectivity index (χ4n) is 3.74. The van der Waals surface area contributed by atoms with Crippen LogP contribution in [0.15, 0.2) is 41.5 Å². The smallest absolute Gasteiger partial charge is 0.211 e. The molecule has 154 valence electrons. The number of fused-ring (bicyclic) bond motifs is 1. The van der Waals surface area contributed by atoms with Crippen LogP contribution in [-0.2, 0) is 11.2 Å². The molecule has 0 aromatic heterocycles. The molecule has 0 fully saturated rings. The van der Waals surface area contributed by atoms with E-state index in [1.54, 1.807) is 13.3 Å². The number of nitriles is 1. The first-order valence-electron chi connectivity index (χ1n) is 9.94. The third kappa shape index (κ3) is 3.98. The van der Waals surface area contributed by atoms with Gasteiger partial charge in [-0.1, -0.05) is 13.0 Å². The first-order chi connectivity index (χ1) is 14.7. The van der Waals surface area contributed by atoms with E-state index in [1.165, 1.54) is 6.20 Å². The number of carbonyl (C=O) groups is 1. The summed E-state index contributed by atoms with van der Waals surface area (Å²) in [5.41, 5.74) is 12.5. The van der Waals surface area contributed by atoms with Crippen LogP contribution >= 0.6 is 0 Å². The molecular formula is C23H26N6O. The van der Waals surface area contributed by atoms with Crippen LogP contribution in [0.25, 0.3) is 5.57 Å². The molecule has 7 heteroatoms. The van der Waals surface area contributed by atoms with Crippen molar-refractivity contribution in [1.29, 1.82) is 5.26 Å². The van der Waals surface area contributed by atoms with Crippen molar-refractivity contribution < 1.29 is 4.79 Å². The summed E-state index contributed by atoms with van der Waals surface area (Å²) in [6.07, 6.45) is 5.62. The normalized spacial score (nSPS) is 13.2. The summed E-state index contributed by atoms with van der Waals surface area (Å²) in [5.74, 6) is 0. The topological polar surface area (TPSA) is 107 Å². The van der Waals surface area contributed by atoms with Gasteiger partial charge in [0.25, 0.3) is 0 Å². The lowest BCUT2D eigenvalue weighted by Gasteiger charge is -2.25. The molecule has 30 heavy (non-hydrogen) atoms. The zero-order chi connectivity index (χ0) is 21.5. The number of amides is 1. The molecule has 7 nitrogen and oxygen atoms in total. The number of aliphatic imine (C=N–C) groups is 1. The Labute approximate surface area is 176 Å². The standard InChI is InChI=1S/C23H26N6O/c1-3-8-27-23-20(28-15-30)5-4-6-21(23)29-9-7-16-10-19(18(13-25)14-26-2)17(12-24)11-22(16)29/h4-6,10-11,13-15,27H,3,7-9,25H2,1-2H3,(H,28,30). The number of nitrogens with two attached hydrogens (primary N) is 1. The molecule has 2 aromatic carbocycles. The first-order valence-corrected chi connectivity index (χ1v) is 9.94. The molecule has 3 rings (SSSR count). The van der Waals surface area contributed by atoms with Crippen molar-refractivity contribution in [3.63, 3.8) is 0 Å². The maximum Gasteiger partial charge on any atom is 0.211 e. The van der Waals surface area contributed by atoms with Crippen LogP contribution in [0, 0.1) is 11.3 Å². The van der Waals surface area contributed by atoms with Gasteiger partial charge in [0.2, 0.25) is 6.41 Å². The number of para-hydroxylation sites is 1. The van der Waals surface area contributed by atoms with Crippen LogP contribution < -0.4 is 21.3 Å². The van der Waals surface area contributed by atoms with E-state index in [0.717, 1.165) is 65.4 Å². The van der Waals surface area contributed by atoms with Crippen LogP contribution in [0.1, 0.15) is 30.0 Å². The Balaban J connectivity index is 2.11. The minimum Gasteiger partial charge on any atom is -0.404 e. The summed E-state index contributed by atoms with van der Waals surface area (Å²) >= 11 is 0. The second-order valence-corrected chi connectivity index (χ2v) is 6.94. The van der Waals surface area contributed by atoms with Crippen molar-refractivity contribution in [3.05, 3.63) is 53.2 Å². The average molecular weight is 403 g/mol. The Morgan fingerprint density at radius 3 is 2.87 bits per heavy atom. The summed E-state index contributed by atoms with van der Waals surface area (Å²) in [7, 11) is 1.68. The van der Waals surface area contributed by atoms with E-state index >= 15 is 0 Å². The van der Waals surface area contributed by atoms with Crippen molar-refractivity contribution >= 4 is 40.9 Å². The zero-order valence-electron chi connectivity index (χ0n) is 17.3. The number of nitrogens with zero attached hydrogens (tertiary/aromatic N) is 3. The predicted octanol–water partition coefficient (Wildman–Crippen LogP) is 3.64. The number of anilines is 4. The van der Waals surface area contributed by atoms with E-state index in [2.05, 4.69) is 33.5 Å². The number of hydrogen-bond acceptors (Lipinski definition) is 6. The molecule has 1 heterocycles. The maximum atomic E-state index is 11.1. The Bertz CT molecular complexity index is 1030. The predicted molar refractivity (Wildman–Crippen MR) is 123 cm³/mol. The van der Waals surface area contributed by atoms with E-state index in [1.807, 2.05) is 30.3 Å². The number of rotatable bonds is 8. The van der Waals surface area contributed by atoms with Crippen molar-refractivity contribution in [3.8, 4) is 6.07 Å². The summed E-state index contributed by atoms with van der Waals surface area (Å²) in [4.78, 5) is 17.3. The molecule has 1 aliphatic rings. The molecule has 0 unspecified atom stereocenters. The number of nitrogens with one attached hydrogen (secondary N) is 2. The molecule has 2 aromatic rings. The highest BCUT2D eigenvalue weighted by Gasteiger charge is 2.26. The van der Waals surface area contributed by atoms with Gasteiger partial charge in [0.05, 0.1) is 28.7 Å². The van der Waals surface area contributed by atoms with Crippen LogP contribution in [0.3, 0.4) is 0 Å². The Morgan fingerprint density at radius 2 is 2.20 bits per heavy atom. The van der Waals surface area contributed by atoms with Gasteiger partial charge in [0.15, 0.2) is 0 Å². The second kappa shape index (κ2) is 9.61. The lowest BCUT2D eigenvalue weighted by Crippen LogP contribution is -2.17. The highest BCUT2D eigenvalue weighted by atomic mass is 16.1. The lowest BCUT2D eigenvalue weighted by molar-refractivity contribution is -0.105. The van der Waals surface area contributed by atoms with Crippen molar-refractivity contribution in [2.75, 3.05) is 35.7 Å². The van der Waals surface area contributed by atoms with Crippen LogP contribution in [-0.4, -0.2) is 32.8 Å². The summed E-state index contributed by atoms with van der Waals surface area (Å²) in [6.45, 7) is 3.66. The van der Waals surface area contributed by atoms with Crippen LogP contribution in [0.4, 0.5) is 22.7 Å². The lowest BCUT2D eigenvalue weighted by atomic mass is 9.97.